The number of sulfonamides is 2. The van der Waals surface area contributed by atoms with E-state index in [9.17, 15) is 38.8 Å². The maximum Gasteiger partial charge on any atom is 0.433 e. The van der Waals surface area contributed by atoms with E-state index < -0.39 is 42.1 Å². The first kappa shape index (κ1) is 17.5. The number of hydrogen-bond donors (Lipinski definition) is 1. The lowest BCUT2D eigenvalue weighted by molar-refractivity contribution is -0.0875. The SMILES string of the molecule is O=S(=O)(NS(=O)(=O)c1ccccc1)C(=C(F)F)C(F)(F)F. The summed E-state index contributed by atoms with van der Waals surface area (Å²) in [5.41, 5.74) is 0. The zero-order valence-corrected chi connectivity index (χ0v) is 11.4. The van der Waals surface area contributed by atoms with Crippen LogP contribution in [0.3, 0.4) is 0 Å². The molecule has 5 nitrogen and oxygen atoms in total. The van der Waals surface area contributed by atoms with Gasteiger partial charge in [-0.25, -0.2) is 16.8 Å². The number of halogens is 5. The Labute approximate surface area is 116 Å². The van der Waals surface area contributed by atoms with Crippen LogP contribution in [0.2, 0.25) is 0 Å². The molecule has 0 heterocycles. The van der Waals surface area contributed by atoms with Crippen molar-refractivity contribution in [3.05, 3.63) is 41.3 Å². The van der Waals surface area contributed by atoms with Crippen LogP contribution in [0.25, 0.3) is 0 Å². The van der Waals surface area contributed by atoms with Crippen molar-refractivity contribution >= 4 is 20.0 Å². The molecule has 0 unspecified atom stereocenters. The highest BCUT2D eigenvalue weighted by atomic mass is 32.3. The Bertz CT molecular complexity index is 749. The van der Waals surface area contributed by atoms with Crippen molar-refractivity contribution in [2.45, 2.75) is 11.1 Å². The molecule has 0 fully saturated rings. The standard InChI is InChI=1S/C9H6F5NO4S2/c10-8(11)7(9(12,13)14)21(18,19)15-20(16,17)6-4-2-1-3-5-6/h1-5,15H. The lowest BCUT2D eigenvalue weighted by atomic mass is 10.4. The molecule has 21 heavy (non-hydrogen) atoms. The third kappa shape index (κ3) is 4.22. The van der Waals surface area contributed by atoms with Gasteiger partial charge < -0.3 is 0 Å². The molecule has 1 rings (SSSR count). The highest BCUT2D eigenvalue weighted by Crippen LogP contribution is 2.33. The van der Waals surface area contributed by atoms with Crippen molar-refractivity contribution in [1.29, 1.82) is 0 Å². The third-order valence-electron chi connectivity index (χ3n) is 1.97. The number of benzene rings is 1. The van der Waals surface area contributed by atoms with Crippen molar-refractivity contribution in [2.24, 2.45) is 0 Å². The fourth-order valence-electron chi connectivity index (χ4n) is 1.19. The number of allylic oxidation sites excluding steroid dienone is 1. The summed E-state index contributed by atoms with van der Waals surface area (Å²) >= 11 is 0. The smallest absolute Gasteiger partial charge is 0.206 e. The normalized spacial score (nSPS) is 13.0. The van der Waals surface area contributed by atoms with Crippen LogP contribution in [-0.2, 0) is 20.0 Å². The first-order valence-corrected chi connectivity index (χ1v) is 7.81. The van der Waals surface area contributed by atoms with Gasteiger partial charge in [0.05, 0.1) is 4.90 Å². The van der Waals surface area contributed by atoms with Gasteiger partial charge in [-0.2, -0.15) is 22.0 Å². The summed E-state index contributed by atoms with van der Waals surface area (Å²) in [4.78, 5) is -3.95. The minimum absolute atomic E-state index is 0.623. The third-order valence-corrected chi connectivity index (χ3v) is 5.54. The zero-order valence-electron chi connectivity index (χ0n) is 9.73. The van der Waals surface area contributed by atoms with Crippen LogP contribution in [0.15, 0.2) is 46.2 Å². The van der Waals surface area contributed by atoms with Crippen LogP contribution in [0.4, 0.5) is 22.0 Å². The molecule has 0 aliphatic carbocycles. The summed E-state index contributed by atoms with van der Waals surface area (Å²) in [5.74, 6) is 0. The predicted octanol–water partition coefficient (Wildman–Crippen LogP) is 1.97. The molecule has 0 aliphatic heterocycles. The predicted molar refractivity (Wildman–Crippen MR) is 61.0 cm³/mol. The van der Waals surface area contributed by atoms with Gasteiger partial charge in [-0.1, -0.05) is 18.2 Å². The molecule has 0 bridgehead atoms. The molecule has 0 spiro atoms. The van der Waals surface area contributed by atoms with Crippen molar-refractivity contribution in [2.75, 3.05) is 0 Å². The van der Waals surface area contributed by atoms with Crippen LogP contribution >= 0.6 is 0 Å². The van der Waals surface area contributed by atoms with Crippen LogP contribution in [-0.4, -0.2) is 23.0 Å². The second-order valence-corrected chi connectivity index (χ2v) is 7.05. The number of alkyl halides is 3. The quantitative estimate of drug-likeness (QED) is 0.841. The first-order valence-electron chi connectivity index (χ1n) is 4.84. The van der Waals surface area contributed by atoms with Crippen LogP contribution in [0.1, 0.15) is 0 Å². The van der Waals surface area contributed by atoms with Crippen molar-refractivity contribution in [3.63, 3.8) is 0 Å². The summed E-state index contributed by atoms with van der Waals surface area (Å²) in [5, 5.41) is 0. The summed E-state index contributed by atoms with van der Waals surface area (Å²) in [7, 11) is -11.0. The van der Waals surface area contributed by atoms with Gasteiger partial charge in [-0.05, 0) is 12.1 Å². The van der Waals surface area contributed by atoms with E-state index in [4.69, 9.17) is 0 Å². The molecule has 1 aromatic carbocycles. The Kier molecular flexibility index (Phi) is 4.75. The van der Waals surface area contributed by atoms with Crippen LogP contribution < -0.4 is 4.13 Å². The van der Waals surface area contributed by atoms with Gasteiger partial charge in [-0.15, -0.1) is 4.13 Å². The Morgan fingerprint density at radius 2 is 1.43 bits per heavy atom. The van der Waals surface area contributed by atoms with E-state index in [2.05, 4.69) is 0 Å². The van der Waals surface area contributed by atoms with E-state index in [-0.39, 0.29) is 0 Å². The van der Waals surface area contributed by atoms with Crippen molar-refractivity contribution in [3.8, 4) is 0 Å². The average Bonchev–Trinajstić information content (AvgIpc) is 2.25. The van der Waals surface area contributed by atoms with Crippen LogP contribution in [0, 0.1) is 0 Å². The fourth-order valence-corrected chi connectivity index (χ4v) is 4.09. The van der Waals surface area contributed by atoms with Gasteiger partial charge in [0, 0.05) is 0 Å². The van der Waals surface area contributed by atoms with Crippen molar-refractivity contribution < 1.29 is 38.8 Å². The molecule has 0 saturated heterocycles. The summed E-state index contributed by atoms with van der Waals surface area (Å²) < 4.78 is 108. The van der Waals surface area contributed by atoms with Crippen LogP contribution in [0.5, 0.6) is 0 Å². The fraction of sp³-hybridized carbons (Fsp3) is 0.111. The highest BCUT2D eigenvalue weighted by Gasteiger charge is 2.48. The molecule has 0 atom stereocenters. The monoisotopic (exact) mass is 351 g/mol. The van der Waals surface area contributed by atoms with E-state index in [1.54, 1.807) is 0 Å². The second kappa shape index (κ2) is 5.69. The Hall–Kier alpha value is -1.53. The van der Waals surface area contributed by atoms with Gasteiger partial charge in [0.25, 0.3) is 26.1 Å². The summed E-state index contributed by atoms with van der Waals surface area (Å²) in [6.45, 7) is 0. The van der Waals surface area contributed by atoms with E-state index in [0.29, 0.717) is 4.13 Å². The van der Waals surface area contributed by atoms with Crippen molar-refractivity contribution in [1.82, 2.24) is 4.13 Å². The molecule has 0 amide bonds. The molecule has 0 saturated carbocycles. The molecular formula is C9H6F5NO4S2. The largest absolute Gasteiger partial charge is 0.433 e. The van der Waals surface area contributed by atoms with Gasteiger partial charge in [0.15, 0.2) is 0 Å². The molecule has 12 heteroatoms. The van der Waals surface area contributed by atoms with Gasteiger partial charge in [0.1, 0.15) is 0 Å². The molecule has 0 radical (unpaired) electrons. The summed E-state index contributed by atoms with van der Waals surface area (Å²) in [6, 6.07) is 5.44. The van der Waals surface area contributed by atoms with E-state index in [1.807, 2.05) is 0 Å². The number of nitrogens with one attached hydrogen (secondary N) is 1. The van der Waals surface area contributed by atoms with Gasteiger partial charge in [0.2, 0.25) is 4.91 Å². The maximum atomic E-state index is 12.3. The lowest BCUT2D eigenvalue weighted by Gasteiger charge is -2.12. The average molecular weight is 351 g/mol. The number of rotatable bonds is 4. The molecule has 0 aliphatic rings. The highest BCUT2D eigenvalue weighted by molar-refractivity contribution is 8.06. The molecule has 118 valence electrons. The zero-order chi connectivity index (χ0) is 16.5. The Balaban J connectivity index is 3.33. The molecule has 1 aromatic rings. The minimum Gasteiger partial charge on any atom is -0.206 e. The minimum atomic E-state index is -6.02. The first-order chi connectivity index (χ1) is 9.38. The van der Waals surface area contributed by atoms with E-state index >= 15 is 0 Å². The Morgan fingerprint density at radius 3 is 1.81 bits per heavy atom. The maximum absolute atomic E-state index is 12.3. The lowest BCUT2D eigenvalue weighted by Crippen LogP contribution is -2.36. The molecule has 0 aromatic heterocycles. The topological polar surface area (TPSA) is 80.3 Å². The number of hydrogen-bond acceptors (Lipinski definition) is 4. The van der Waals surface area contributed by atoms with E-state index in [1.165, 1.54) is 6.07 Å². The Morgan fingerprint density at radius 1 is 0.952 bits per heavy atom. The van der Waals surface area contributed by atoms with Gasteiger partial charge in [-0.3, -0.25) is 0 Å². The molecular weight excluding hydrogens is 345 g/mol. The molecule has 1 N–H and O–H groups in total. The second-order valence-electron chi connectivity index (χ2n) is 3.49. The summed E-state index contributed by atoms with van der Waals surface area (Å²) in [6.07, 6.45) is -9.52. The van der Waals surface area contributed by atoms with E-state index in [0.717, 1.165) is 24.3 Å². The van der Waals surface area contributed by atoms with Gasteiger partial charge >= 0.3 is 6.18 Å².